The minimum Gasteiger partial charge on any atom is -0.542 e. The third-order valence-electron chi connectivity index (χ3n) is 7.86. The van der Waals surface area contributed by atoms with E-state index in [9.17, 15) is 19.8 Å². The van der Waals surface area contributed by atoms with Crippen molar-refractivity contribution in [1.82, 2.24) is 0 Å². The van der Waals surface area contributed by atoms with E-state index in [2.05, 4.69) is 159 Å². The molecule has 6 rings (SSSR count). The number of carboxylic acids is 2. The van der Waals surface area contributed by atoms with Crippen molar-refractivity contribution in [3.8, 4) is 0 Å². The van der Waals surface area contributed by atoms with Crippen LogP contribution in [0.1, 0.15) is 12.8 Å². The Balaban J connectivity index is 0.000000388. The van der Waals surface area contributed by atoms with E-state index in [1.165, 1.54) is 21.9 Å². The van der Waals surface area contributed by atoms with Gasteiger partial charge in [0.05, 0.1) is 0 Å². The number of aliphatic carboxylic acids is 2. The fraction of sp³-hybridized carbons (Fsp3) is 0.0500. The molecule has 0 atom stereocenters. The molecule has 0 aliphatic heterocycles. The Morgan fingerprint density at radius 1 is 0.531 bits per heavy atom. The summed E-state index contributed by atoms with van der Waals surface area (Å²) >= 11 is -1.25. The second-order valence-electron chi connectivity index (χ2n) is 11.2. The molecule has 6 nitrogen and oxygen atoms in total. The molecule has 49 heavy (non-hydrogen) atoms. The first kappa shape index (κ1) is 36.7. The molecule has 0 heterocycles. The van der Waals surface area contributed by atoms with Crippen LogP contribution in [-0.2, 0) is 32.5 Å². The van der Waals surface area contributed by atoms with Gasteiger partial charge in [0.2, 0.25) is 0 Å². The van der Waals surface area contributed by atoms with Gasteiger partial charge in [0, 0.05) is 0 Å². The molecule has 9 heteroatoms. The quantitative estimate of drug-likeness (QED) is 0.145. The van der Waals surface area contributed by atoms with Gasteiger partial charge in [-0.1, -0.05) is 13.2 Å². The zero-order valence-corrected chi connectivity index (χ0v) is 30.5. The van der Waals surface area contributed by atoms with E-state index in [4.69, 9.17) is 10.2 Å². The van der Waals surface area contributed by atoms with Gasteiger partial charge >= 0.3 is 234 Å². The van der Waals surface area contributed by atoms with Crippen molar-refractivity contribution in [2.75, 3.05) is 0 Å². The first-order valence-corrected chi connectivity index (χ1v) is 19.2. The molecule has 4 aromatic rings. The number of aliphatic hydroxyl groups is 2. The monoisotopic (exact) mass is 812 g/mol. The van der Waals surface area contributed by atoms with E-state index in [0.717, 1.165) is 12.8 Å². The number of hydrogen-bond donors (Lipinski definition) is 2. The van der Waals surface area contributed by atoms with Gasteiger partial charge in [0.15, 0.2) is 0 Å². The number of carboxylic acid groups (broad SMARTS) is 2. The number of rotatable bonds is 10. The van der Waals surface area contributed by atoms with Gasteiger partial charge in [-0.25, -0.2) is 0 Å². The van der Waals surface area contributed by atoms with Crippen LogP contribution in [0.4, 0.5) is 0 Å². The first-order chi connectivity index (χ1) is 23.7. The average molecular weight is 811 g/mol. The van der Waals surface area contributed by atoms with Gasteiger partial charge in [0.1, 0.15) is 23.5 Å². The fourth-order valence-corrected chi connectivity index (χ4v) is 11.3. The predicted molar refractivity (Wildman–Crippen MR) is 191 cm³/mol. The van der Waals surface area contributed by atoms with E-state index >= 15 is 0 Å². The summed E-state index contributed by atoms with van der Waals surface area (Å²) in [6.07, 6.45) is 11.9. The average Bonchev–Trinajstić information content (AvgIpc) is 3.77. The number of benzene rings is 4. The summed E-state index contributed by atoms with van der Waals surface area (Å²) < 4.78 is 3.49. The third-order valence-corrected chi connectivity index (χ3v) is 13.6. The minimum absolute atomic E-state index is 0.307. The largest absolute Gasteiger partial charge is 0.542 e. The van der Waals surface area contributed by atoms with Crippen molar-refractivity contribution in [2.45, 2.75) is 12.8 Å². The summed E-state index contributed by atoms with van der Waals surface area (Å²) in [5.74, 6) is -5.13. The van der Waals surface area contributed by atoms with Gasteiger partial charge in [-0.15, -0.1) is 0 Å². The smallest absolute Gasteiger partial charge is 0.131 e. The Morgan fingerprint density at radius 2 is 0.776 bits per heavy atom. The van der Waals surface area contributed by atoms with Gasteiger partial charge in [-0.05, 0) is 0 Å². The molecule has 0 aromatic heterocycles. The normalized spacial score (nSPS) is 12.6. The molecule has 0 bridgehead atoms. The van der Waals surface area contributed by atoms with Gasteiger partial charge in [0.25, 0.3) is 0 Å². The van der Waals surface area contributed by atoms with E-state index in [-0.39, 0.29) is 0 Å². The van der Waals surface area contributed by atoms with Crippen LogP contribution in [-0.4, -0.2) is 35.6 Å². The molecule has 0 saturated carbocycles. The van der Waals surface area contributed by atoms with E-state index in [1.807, 2.05) is 0 Å². The molecular formula is C40H34B2HfO6. The topological polar surface area (TPSA) is 121 Å². The minimum atomic E-state index is -1.63. The Kier molecular flexibility index (Phi) is 13.8. The van der Waals surface area contributed by atoms with Crippen LogP contribution in [0, 0.1) is 0 Å². The van der Waals surface area contributed by atoms with Crippen molar-refractivity contribution in [3.63, 3.8) is 0 Å². The van der Waals surface area contributed by atoms with Gasteiger partial charge in [-0.2, -0.15) is 0 Å². The maximum Gasteiger partial charge on any atom is 0.131 e. The maximum absolute atomic E-state index is 9.24. The van der Waals surface area contributed by atoms with Crippen LogP contribution in [0.5, 0.6) is 0 Å². The fourth-order valence-electron chi connectivity index (χ4n) is 5.70. The summed E-state index contributed by atoms with van der Waals surface area (Å²) in [7, 11) is 0. The van der Waals surface area contributed by atoms with Gasteiger partial charge in [-0.3, -0.25) is 0 Å². The third kappa shape index (κ3) is 10.4. The standard InChI is InChI=1S/2C17H14B.2C3H4O3.Hf/c2*1-3-9-15(10-4-1)18(17-13-7-8-14-17)16-11-5-2-6-12-16;2*1-2(4)3(5)6;/h2*1-7,9-13H,8H2;2*4H,1H2,(H,5,6);/q;;;;+2/p-2. The SMILES string of the molecule is C1=CC(B(c2ccccc2)c2ccccc2)=[C]([Hf+2][C]2=C(B(c3ccccc3)c3ccccc3)C=CC2)C1.C=C(O)C(=O)[O-].C=C(O)C(=O)[O-]. The summed E-state index contributed by atoms with van der Waals surface area (Å²) in [6.45, 7) is 5.91. The van der Waals surface area contributed by atoms with Crippen LogP contribution in [0.15, 0.2) is 188 Å². The molecule has 4 aromatic carbocycles. The van der Waals surface area contributed by atoms with Crippen LogP contribution < -0.4 is 32.1 Å². The van der Waals surface area contributed by atoms with Crippen LogP contribution in [0.3, 0.4) is 0 Å². The Labute approximate surface area is 299 Å². The number of allylic oxidation sites excluding steroid dienone is 8. The summed E-state index contributed by atoms with van der Waals surface area (Å²) in [6, 6.07) is 44.3. The van der Waals surface area contributed by atoms with Crippen molar-refractivity contribution in [1.29, 1.82) is 0 Å². The van der Waals surface area contributed by atoms with Gasteiger partial charge < -0.3 is 30.0 Å². The summed E-state index contributed by atoms with van der Waals surface area (Å²) in [5, 5.41) is 34.0. The molecule has 0 saturated heterocycles. The van der Waals surface area contributed by atoms with Crippen molar-refractivity contribution >= 4 is 47.2 Å². The summed E-state index contributed by atoms with van der Waals surface area (Å²) in [4.78, 5) is 18.5. The number of aliphatic hydroxyl groups excluding tert-OH is 2. The molecule has 240 valence electrons. The molecule has 0 amide bonds. The molecular weight excluding hydrogens is 777 g/mol. The molecule has 0 spiro atoms. The first-order valence-electron chi connectivity index (χ1n) is 15.6. The summed E-state index contributed by atoms with van der Waals surface area (Å²) in [5.41, 5.74) is 8.66. The molecule has 2 aliphatic rings. The van der Waals surface area contributed by atoms with E-state index < -0.39 is 46.4 Å². The maximum atomic E-state index is 9.24. The van der Waals surface area contributed by atoms with Crippen molar-refractivity contribution in [2.24, 2.45) is 0 Å². The van der Waals surface area contributed by atoms with Crippen LogP contribution in [0.2, 0.25) is 0 Å². The molecule has 0 unspecified atom stereocenters. The van der Waals surface area contributed by atoms with E-state index in [0.29, 0.717) is 13.4 Å². The number of carbonyl (C=O) groups excluding carboxylic acids is 2. The van der Waals surface area contributed by atoms with E-state index in [1.54, 1.807) is 17.6 Å². The van der Waals surface area contributed by atoms with Crippen LogP contribution in [0.25, 0.3) is 0 Å². The second kappa shape index (κ2) is 18.4. The van der Waals surface area contributed by atoms with Crippen molar-refractivity contribution < 1.29 is 52.9 Å². The second-order valence-corrected chi connectivity index (χ2v) is 16.4. The molecule has 2 aliphatic carbocycles. The number of hydrogen-bond acceptors (Lipinski definition) is 6. The number of carbonyl (C=O) groups is 2. The predicted octanol–water partition coefficient (Wildman–Crippen LogP) is 2.81. The van der Waals surface area contributed by atoms with Crippen LogP contribution >= 0.6 is 0 Å². The Bertz CT molecular complexity index is 1640. The Morgan fingerprint density at radius 3 is 1.00 bits per heavy atom. The zero-order chi connectivity index (χ0) is 35.2. The molecule has 0 fully saturated rings. The molecule has 0 radical (unpaired) electrons. The zero-order valence-electron chi connectivity index (χ0n) is 26.9. The molecule has 2 N–H and O–H groups in total. The Hall–Kier alpha value is -5.14. The van der Waals surface area contributed by atoms with Crippen molar-refractivity contribution in [3.05, 3.63) is 188 Å².